The number of ether oxygens (including phenoxy) is 1. The van der Waals surface area contributed by atoms with Crippen LogP contribution in [0.2, 0.25) is 0 Å². The van der Waals surface area contributed by atoms with Crippen LogP contribution in [0.5, 0.6) is 0 Å². The molecule has 0 saturated carbocycles. The van der Waals surface area contributed by atoms with Crippen LogP contribution in [0.25, 0.3) is 9.88 Å². The first kappa shape index (κ1) is 16.4. The average Bonchev–Trinajstić information content (AvgIpc) is 3.23. The van der Waals surface area contributed by atoms with Crippen molar-refractivity contribution >= 4 is 40.2 Å². The summed E-state index contributed by atoms with van der Waals surface area (Å²) in [7, 11) is 1.33. The second-order valence-electron chi connectivity index (χ2n) is 4.97. The first-order valence-electron chi connectivity index (χ1n) is 7.09. The van der Waals surface area contributed by atoms with Gasteiger partial charge in [0.2, 0.25) is 0 Å². The number of nitrogens with zero attached hydrogens (tertiary/aromatic N) is 1. The molecule has 1 amide bonds. The van der Waals surface area contributed by atoms with Gasteiger partial charge in [-0.15, -0.1) is 22.7 Å². The van der Waals surface area contributed by atoms with Crippen LogP contribution in [0.15, 0.2) is 41.8 Å². The highest BCUT2D eigenvalue weighted by Gasteiger charge is 2.13. The standard InChI is InChI=1S/C17H14N2O3S2/c1-10-3-8-14(24-10)16-19-13(9-23-16)15(20)18-12-6-4-11(5-7-12)17(21)22-2/h3-9H,1-2H3,(H,18,20). The van der Waals surface area contributed by atoms with Gasteiger partial charge in [0.1, 0.15) is 10.7 Å². The van der Waals surface area contributed by atoms with Crippen molar-refractivity contribution in [3.8, 4) is 9.88 Å². The van der Waals surface area contributed by atoms with Crippen LogP contribution in [-0.4, -0.2) is 24.0 Å². The molecule has 0 bridgehead atoms. The number of carbonyl (C=O) groups excluding carboxylic acids is 2. The lowest BCUT2D eigenvalue weighted by atomic mass is 10.2. The van der Waals surface area contributed by atoms with Gasteiger partial charge in [0.15, 0.2) is 0 Å². The van der Waals surface area contributed by atoms with E-state index in [1.807, 2.05) is 19.1 Å². The summed E-state index contributed by atoms with van der Waals surface area (Å²) in [6.45, 7) is 2.04. The van der Waals surface area contributed by atoms with E-state index in [2.05, 4.69) is 15.0 Å². The number of thiazole rings is 1. The van der Waals surface area contributed by atoms with Gasteiger partial charge in [0.05, 0.1) is 17.6 Å². The molecule has 0 radical (unpaired) electrons. The molecule has 0 saturated heterocycles. The third kappa shape index (κ3) is 3.52. The minimum absolute atomic E-state index is 0.281. The number of esters is 1. The molecule has 0 aliphatic heterocycles. The summed E-state index contributed by atoms with van der Waals surface area (Å²) in [4.78, 5) is 30.3. The first-order valence-corrected chi connectivity index (χ1v) is 8.78. The van der Waals surface area contributed by atoms with Crippen molar-refractivity contribution in [2.45, 2.75) is 6.92 Å². The lowest BCUT2D eigenvalue weighted by Gasteiger charge is -2.04. The van der Waals surface area contributed by atoms with E-state index < -0.39 is 5.97 Å². The molecular formula is C17H14N2O3S2. The van der Waals surface area contributed by atoms with Crippen molar-refractivity contribution in [1.29, 1.82) is 0 Å². The Bertz CT molecular complexity index is 881. The van der Waals surface area contributed by atoms with Gasteiger partial charge < -0.3 is 10.1 Å². The van der Waals surface area contributed by atoms with Crippen LogP contribution >= 0.6 is 22.7 Å². The number of carbonyl (C=O) groups is 2. The third-order valence-corrected chi connectivity index (χ3v) is 5.26. The van der Waals surface area contributed by atoms with E-state index in [9.17, 15) is 9.59 Å². The molecule has 122 valence electrons. The summed E-state index contributed by atoms with van der Waals surface area (Å²) in [6, 6.07) is 10.5. The largest absolute Gasteiger partial charge is 0.465 e. The van der Waals surface area contributed by atoms with Crippen molar-refractivity contribution in [1.82, 2.24) is 4.98 Å². The number of hydrogen-bond acceptors (Lipinski definition) is 6. The Hall–Kier alpha value is -2.51. The summed E-state index contributed by atoms with van der Waals surface area (Å²) >= 11 is 3.09. The number of methoxy groups -OCH3 is 1. The van der Waals surface area contributed by atoms with E-state index in [1.165, 1.54) is 23.3 Å². The SMILES string of the molecule is COC(=O)c1ccc(NC(=O)c2csc(-c3ccc(C)s3)n2)cc1. The monoisotopic (exact) mass is 358 g/mol. The summed E-state index contributed by atoms with van der Waals surface area (Å²) in [5, 5.41) is 5.34. The van der Waals surface area contributed by atoms with Gasteiger partial charge in [-0.2, -0.15) is 0 Å². The molecule has 2 heterocycles. The van der Waals surface area contributed by atoms with Gasteiger partial charge >= 0.3 is 5.97 Å². The van der Waals surface area contributed by atoms with E-state index in [-0.39, 0.29) is 5.91 Å². The zero-order valence-corrected chi connectivity index (χ0v) is 14.7. The van der Waals surface area contributed by atoms with Gasteiger partial charge in [-0.1, -0.05) is 0 Å². The highest BCUT2D eigenvalue weighted by molar-refractivity contribution is 7.21. The smallest absolute Gasteiger partial charge is 0.337 e. The Labute approximate surface area is 146 Å². The molecule has 0 unspecified atom stereocenters. The Morgan fingerprint density at radius 1 is 1.12 bits per heavy atom. The quantitative estimate of drug-likeness (QED) is 0.709. The fourth-order valence-electron chi connectivity index (χ4n) is 2.04. The molecule has 0 fully saturated rings. The van der Waals surface area contributed by atoms with E-state index >= 15 is 0 Å². The molecule has 5 nitrogen and oxygen atoms in total. The zero-order valence-electron chi connectivity index (χ0n) is 13.0. The summed E-state index contributed by atoms with van der Waals surface area (Å²) in [5.74, 6) is -0.695. The Morgan fingerprint density at radius 2 is 1.88 bits per heavy atom. The van der Waals surface area contributed by atoms with Gasteiger partial charge in [-0.3, -0.25) is 4.79 Å². The summed E-state index contributed by atoms with van der Waals surface area (Å²) in [6.07, 6.45) is 0. The molecule has 0 aliphatic carbocycles. The fourth-order valence-corrected chi connectivity index (χ4v) is 3.78. The van der Waals surface area contributed by atoms with Crippen molar-refractivity contribution in [3.63, 3.8) is 0 Å². The van der Waals surface area contributed by atoms with Crippen LogP contribution in [0.4, 0.5) is 5.69 Å². The van der Waals surface area contributed by atoms with Gasteiger partial charge in [-0.25, -0.2) is 9.78 Å². The number of aryl methyl sites for hydroxylation is 1. The fraction of sp³-hybridized carbons (Fsp3) is 0.118. The Kier molecular flexibility index (Phi) is 4.73. The average molecular weight is 358 g/mol. The van der Waals surface area contributed by atoms with Crippen molar-refractivity contribution in [3.05, 3.63) is 57.9 Å². The number of benzene rings is 1. The molecule has 7 heteroatoms. The molecular weight excluding hydrogens is 344 g/mol. The van der Waals surface area contributed by atoms with Crippen LogP contribution in [-0.2, 0) is 4.74 Å². The minimum Gasteiger partial charge on any atom is -0.465 e. The molecule has 2 aromatic heterocycles. The predicted molar refractivity (Wildman–Crippen MR) is 95.9 cm³/mol. The number of aromatic nitrogens is 1. The maximum absolute atomic E-state index is 12.3. The van der Waals surface area contributed by atoms with E-state index in [0.29, 0.717) is 16.9 Å². The van der Waals surface area contributed by atoms with Crippen LogP contribution in [0, 0.1) is 6.92 Å². The Morgan fingerprint density at radius 3 is 2.50 bits per heavy atom. The van der Waals surface area contributed by atoms with Crippen LogP contribution < -0.4 is 5.32 Å². The van der Waals surface area contributed by atoms with Gasteiger partial charge in [0.25, 0.3) is 5.91 Å². The molecule has 24 heavy (non-hydrogen) atoms. The summed E-state index contributed by atoms with van der Waals surface area (Å²) < 4.78 is 4.64. The molecule has 3 aromatic rings. The van der Waals surface area contributed by atoms with E-state index in [4.69, 9.17) is 0 Å². The van der Waals surface area contributed by atoms with Gasteiger partial charge in [-0.05, 0) is 43.3 Å². The van der Waals surface area contributed by atoms with Gasteiger partial charge in [0, 0.05) is 15.9 Å². The maximum atomic E-state index is 12.3. The predicted octanol–water partition coefficient (Wildman–Crippen LogP) is 4.22. The lowest BCUT2D eigenvalue weighted by molar-refractivity contribution is 0.0600. The molecule has 3 rings (SSSR count). The minimum atomic E-state index is -0.414. The molecule has 1 N–H and O–H groups in total. The molecule has 0 atom stereocenters. The number of hydrogen-bond donors (Lipinski definition) is 1. The normalized spacial score (nSPS) is 10.4. The second-order valence-corrected chi connectivity index (χ2v) is 7.12. The summed E-state index contributed by atoms with van der Waals surface area (Å²) in [5.41, 5.74) is 1.40. The molecule has 0 aliphatic rings. The topological polar surface area (TPSA) is 68.3 Å². The Balaban J connectivity index is 1.71. The number of anilines is 1. The van der Waals surface area contributed by atoms with Crippen LogP contribution in [0.3, 0.4) is 0 Å². The number of nitrogens with one attached hydrogen (secondary N) is 1. The van der Waals surface area contributed by atoms with Crippen molar-refractivity contribution in [2.75, 3.05) is 12.4 Å². The second kappa shape index (κ2) is 6.94. The molecule has 1 aromatic carbocycles. The van der Waals surface area contributed by atoms with E-state index in [0.717, 1.165) is 9.88 Å². The van der Waals surface area contributed by atoms with Crippen LogP contribution in [0.1, 0.15) is 25.7 Å². The molecule has 0 spiro atoms. The van der Waals surface area contributed by atoms with E-state index in [1.54, 1.807) is 41.0 Å². The van der Waals surface area contributed by atoms with Crippen molar-refractivity contribution in [2.24, 2.45) is 0 Å². The highest BCUT2D eigenvalue weighted by atomic mass is 32.1. The third-order valence-electron chi connectivity index (χ3n) is 3.25. The number of thiophene rings is 1. The zero-order chi connectivity index (χ0) is 17.1. The number of amides is 1. The van der Waals surface area contributed by atoms with Crippen molar-refractivity contribution < 1.29 is 14.3 Å². The first-order chi connectivity index (χ1) is 11.6. The lowest BCUT2D eigenvalue weighted by Crippen LogP contribution is -2.12. The number of rotatable bonds is 4. The maximum Gasteiger partial charge on any atom is 0.337 e. The highest BCUT2D eigenvalue weighted by Crippen LogP contribution is 2.30.